The molecule has 252 valence electrons. The topological polar surface area (TPSA) is 200 Å². The zero-order chi connectivity index (χ0) is 31.9. The Balaban J connectivity index is 2.51. The fraction of sp³-hybridized carbons (Fsp3) is 0.893. The number of esters is 2. The van der Waals surface area contributed by atoms with Gasteiger partial charge in [0.25, 0.3) is 0 Å². The molecule has 0 aromatic carbocycles. The summed E-state index contributed by atoms with van der Waals surface area (Å²) in [5.41, 5.74) is 0. The molecule has 1 amide bonds. The number of amides is 1. The molecule has 5 N–H and O–H groups in total. The van der Waals surface area contributed by atoms with Gasteiger partial charge in [-0.15, -0.1) is 11.8 Å². The maximum Gasteiger partial charge on any atom is 0.319 e. The predicted octanol–water partition coefficient (Wildman–Crippen LogP) is -0.0890. The van der Waals surface area contributed by atoms with Gasteiger partial charge >= 0.3 is 11.9 Å². The van der Waals surface area contributed by atoms with E-state index in [0.717, 1.165) is 43.9 Å². The maximum absolute atomic E-state index is 12.8. The summed E-state index contributed by atoms with van der Waals surface area (Å²) in [5, 5.41) is 41.0. The van der Waals surface area contributed by atoms with Gasteiger partial charge in [-0.05, 0) is 6.42 Å². The van der Waals surface area contributed by atoms with Crippen molar-refractivity contribution in [3.8, 4) is 0 Å². The molecule has 43 heavy (non-hydrogen) atoms. The average Bonchev–Trinajstić information content (AvgIpc) is 2.99. The van der Waals surface area contributed by atoms with Gasteiger partial charge in [0.15, 0.2) is 6.29 Å². The van der Waals surface area contributed by atoms with Crippen LogP contribution in [0.2, 0.25) is 0 Å². The van der Waals surface area contributed by atoms with Crippen molar-refractivity contribution in [2.45, 2.75) is 94.2 Å². The van der Waals surface area contributed by atoms with E-state index in [1.54, 1.807) is 7.11 Å². The Labute approximate surface area is 258 Å². The van der Waals surface area contributed by atoms with Crippen molar-refractivity contribution in [2.24, 2.45) is 0 Å². The van der Waals surface area contributed by atoms with Crippen molar-refractivity contribution in [2.75, 3.05) is 65.7 Å². The molecule has 0 saturated carbocycles. The average molecular weight is 642 g/mol. The smallest absolute Gasteiger partial charge is 0.319 e. The van der Waals surface area contributed by atoms with Gasteiger partial charge in [0.2, 0.25) is 5.91 Å². The first-order valence-electron chi connectivity index (χ1n) is 14.9. The third-order valence-corrected chi connectivity index (χ3v) is 7.73. The molecule has 0 aromatic rings. The number of hydrogen-bond donors (Lipinski definition) is 5. The summed E-state index contributed by atoms with van der Waals surface area (Å²) < 4.78 is 31.1. The molecule has 1 aliphatic rings. The first-order chi connectivity index (χ1) is 20.7. The van der Waals surface area contributed by atoms with E-state index in [-0.39, 0.29) is 38.4 Å². The second-order valence-electron chi connectivity index (χ2n) is 10.0. The second kappa shape index (κ2) is 24.7. The quantitative estimate of drug-likeness (QED) is 0.0654. The highest BCUT2D eigenvalue weighted by molar-refractivity contribution is 8.00. The third-order valence-electron chi connectivity index (χ3n) is 6.53. The number of carbonyl (C=O) groups is 3. The van der Waals surface area contributed by atoms with Crippen LogP contribution in [0.4, 0.5) is 0 Å². The summed E-state index contributed by atoms with van der Waals surface area (Å²) in [6.07, 6.45) is -0.166. The second-order valence-corrected chi connectivity index (χ2v) is 11.3. The third kappa shape index (κ3) is 17.5. The molecule has 1 aliphatic heterocycles. The van der Waals surface area contributed by atoms with Gasteiger partial charge in [-0.3, -0.25) is 14.4 Å². The van der Waals surface area contributed by atoms with Gasteiger partial charge in [0.05, 0.1) is 52.7 Å². The number of aliphatic hydroxyl groups excluding tert-OH is 4. The largest absolute Gasteiger partial charge is 0.465 e. The minimum Gasteiger partial charge on any atom is -0.465 e. The Morgan fingerprint density at radius 3 is 2.19 bits per heavy atom. The van der Waals surface area contributed by atoms with E-state index in [1.807, 2.05) is 0 Å². The van der Waals surface area contributed by atoms with E-state index in [2.05, 4.69) is 12.2 Å². The first-order valence-corrected chi connectivity index (χ1v) is 16.0. The highest BCUT2D eigenvalue weighted by atomic mass is 32.2. The Morgan fingerprint density at radius 1 is 0.860 bits per heavy atom. The molecule has 0 radical (unpaired) electrons. The van der Waals surface area contributed by atoms with Crippen LogP contribution in [-0.4, -0.2) is 140 Å². The lowest BCUT2D eigenvalue weighted by Gasteiger charge is -2.40. The van der Waals surface area contributed by atoms with E-state index >= 15 is 0 Å². The van der Waals surface area contributed by atoms with Crippen LogP contribution in [0.1, 0.15) is 58.3 Å². The number of methoxy groups -OCH3 is 1. The number of aliphatic hydroxyl groups is 4. The van der Waals surface area contributed by atoms with Crippen molar-refractivity contribution in [1.29, 1.82) is 0 Å². The van der Waals surface area contributed by atoms with E-state index in [0.29, 0.717) is 32.8 Å². The van der Waals surface area contributed by atoms with E-state index in [4.69, 9.17) is 28.4 Å². The van der Waals surface area contributed by atoms with Crippen molar-refractivity contribution in [3.05, 3.63) is 0 Å². The monoisotopic (exact) mass is 641 g/mol. The summed E-state index contributed by atoms with van der Waals surface area (Å²) >= 11 is 1.05. The summed E-state index contributed by atoms with van der Waals surface area (Å²) in [4.78, 5) is 37.7. The minimum absolute atomic E-state index is 0.000602. The van der Waals surface area contributed by atoms with E-state index in [9.17, 15) is 34.8 Å². The molecule has 14 nitrogen and oxygen atoms in total. The Morgan fingerprint density at radius 2 is 1.51 bits per heavy atom. The van der Waals surface area contributed by atoms with Gasteiger partial charge in [0.1, 0.15) is 36.2 Å². The lowest BCUT2D eigenvalue weighted by molar-refractivity contribution is -0.253. The fourth-order valence-electron chi connectivity index (χ4n) is 4.05. The van der Waals surface area contributed by atoms with Gasteiger partial charge in [-0.1, -0.05) is 39.0 Å². The molecule has 1 saturated heterocycles. The zero-order valence-corrected chi connectivity index (χ0v) is 26.2. The molecule has 0 aromatic heterocycles. The van der Waals surface area contributed by atoms with Gasteiger partial charge in [-0.2, -0.15) is 0 Å². The minimum atomic E-state index is -1.64. The van der Waals surface area contributed by atoms with Crippen LogP contribution in [0.15, 0.2) is 0 Å². The van der Waals surface area contributed by atoms with Crippen LogP contribution in [0.3, 0.4) is 0 Å². The molecule has 0 bridgehead atoms. The molecule has 1 fully saturated rings. The molecule has 2 unspecified atom stereocenters. The predicted molar refractivity (Wildman–Crippen MR) is 156 cm³/mol. The summed E-state index contributed by atoms with van der Waals surface area (Å²) in [6.45, 7) is 3.55. The lowest BCUT2D eigenvalue weighted by atomic mass is 9.97. The highest BCUT2D eigenvalue weighted by Gasteiger charge is 2.44. The number of hydrogen-bond acceptors (Lipinski definition) is 14. The van der Waals surface area contributed by atoms with Crippen LogP contribution in [0.5, 0.6) is 0 Å². The molecule has 0 aliphatic carbocycles. The molecular formula is C28H51NO13S. The number of unbranched alkanes of at least 4 members (excludes halogenated alkanes) is 5. The number of thioether (sulfide) groups is 1. The van der Waals surface area contributed by atoms with Crippen LogP contribution in [0.25, 0.3) is 0 Å². The molecule has 0 spiro atoms. The molecule has 1 rings (SSSR count). The number of ether oxygens (including phenoxy) is 6. The standard InChI is InChI=1S/C28H51NO13S/c1-3-4-5-6-7-8-10-41-27(35)21(18-23(32)40-16-15-39-14-13-38-12-11-37-2)43-17-9-22(31)29-24-26(34)25(33)20(19-30)42-28(24)36/h20-21,24-26,28,30,33-34,36H,3-19H2,1-2H3,(H,29,31)/t20-,21?,24-,25-,26-,28?/m1/s1. The van der Waals surface area contributed by atoms with E-state index in [1.165, 1.54) is 0 Å². The molecular weight excluding hydrogens is 590 g/mol. The van der Waals surface area contributed by atoms with Crippen LogP contribution in [0, 0.1) is 0 Å². The van der Waals surface area contributed by atoms with Gasteiger partial charge in [-0.25, -0.2) is 0 Å². The number of carbonyl (C=O) groups excluding carboxylic acids is 3. The van der Waals surface area contributed by atoms with Crippen LogP contribution in [-0.2, 0) is 42.8 Å². The first kappa shape index (κ1) is 39.5. The maximum atomic E-state index is 12.8. The molecule has 15 heteroatoms. The fourth-order valence-corrected chi connectivity index (χ4v) is 5.10. The van der Waals surface area contributed by atoms with Crippen molar-refractivity contribution < 1.29 is 63.2 Å². The highest BCUT2D eigenvalue weighted by Crippen LogP contribution is 2.21. The number of rotatable bonds is 25. The van der Waals surface area contributed by atoms with Crippen molar-refractivity contribution in [1.82, 2.24) is 5.32 Å². The van der Waals surface area contributed by atoms with Crippen LogP contribution >= 0.6 is 11.8 Å². The van der Waals surface area contributed by atoms with Gasteiger partial charge in [0, 0.05) is 19.3 Å². The van der Waals surface area contributed by atoms with Gasteiger partial charge < -0.3 is 54.2 Å². The SMILES string of the molecule is CCCCCCCCOC(=O)C(CC(=O)OCCOCCOCCOC)SCCC(=O)N[C@H]1C(O)O[C@H](CO)[C@@H](O)[C@@H]1O. The Kier molecular flexibility index (Phi) is 22.7. The summed E-state index contributed by atoms with van der Waals surface area (Å²) in [5.74, 6) is -1.66. The van der Waals surface area contributed by atoms with Crippen LogP contribution < -0.4 is 5.32 Å². The zero-order valence-electron chi connectivity index (χ0n) is 25.4. The summed E-state index contributed by atoms with van der Waals surface area (Å²) in [7, 11) is 1.58. The van der Waals surface area contributed by atoms with Crippen molar-refractivity contribution >= 4 is 29.6 Å². The lowest BCUT2D eigenvalue weighted by Crippen LogP contribution is -2.64. The summed E-state index contributed by atoms with van der Waals surface area (Å²) in [6, 6.07) is -1.32. The Bertz CT molecular complexity index is 762. The molecule has 6 atom stereocenters. The van der Waals surface area contributed by atoms with Crippen molar-refractivity contribution in [3.63, 3.8) is 0 Å². The Hall–Kier alpha value is -1.56. The normalized spacial score (nSPS) is 22.6. The molecule has 1 heterocycles. The number of nitrogens with one attached hydrogen (secondary N) is 1. The van der Waals surface area contributed by atoms with E-state index < -0.39 is 60.3 Å².